The Balaban J connectivity index is 2.93. The first-order valence-corrected chi connectivity index (χ1v) is 3.39. The number of aromatic nitrogens is 1. The normalized spacial score (nSPS) is 8.40. The average molecular weight is 246 g/mol. The fourth-order valence-electron chi connectivity index (χ4n) is 0.492. The smallest absolute Gasteiger partial charge is 0.224 e. The topological polar surface area (TPSA) is 45.9 Å². The number of hydrogen-bond donors (Lipinski definition) is 0. The van der Waals surface area contributed by atoms with Crippen LogP contribution in [0.3, 0.4) is 0 Å². The van der Waals surface area contributed by atoms with Crippen molar-refractivity contribution in [3.63, 3.8) is 0 Å². The highest BCUT2D eigenvalue weighted by Gasteiger charge is 1.92. The van der Waals surface area contributed by atoms with Crippen molar-refractivity contribution < 1.29 is 3.07 Å². The lowest BCUT2D eigenvalue weighted by Gasteiger charge is -1.92. The Hall–Kier alpha value is -0.830. The average Bonchev–Trinajstić information content (AvgIpc) is 2.05. The first-order valence-electron chi connectivity index (χ1n) is 2.51. The Morgan fingerprint density at radius 2 is 2.40 bits per heavy atom. The van der Waals surface area contributed by atoms with Crippen LogP contribution in [-0.4, -0.2) is 4.98 Å². The van der Waals surface area contributed by atoms with Crippen molar-refractivity contribution in [2.45, 2.75) is 0 Å². The second-order valence-corrected chi connectivity index (χ2v) is 2.01. The van der Waals surface area contributed by atoms with Crippen molar-refractivity contribution in [3.8, 4) is 11.9 Å². The van der Waals surface area contributed by atoms with Crippen molar-refractivity contribution in [2.75, 3.05) is 0 Å². The van der Waals surface area contributed by atoms with Crippen LogP contribution in [0.15, 0.2) is 18.3 Å². The van der Waals surface area contributed by atoms with E-state index in [2.05, 4.69) is 4.98 Å². The van der Waals surface area contributed by atoms with Gasteiger partial charge in [0.1, 0.15) is 6.07 Å². The number of halogens is 1. The Labute approximate surface area is 72.3 Å². The van der Waals surface area contributed by atoms with Gasteiger partial charge in [-0.1, -0.05) is 0 Å². The molecule has 0 fully saturated rings. The van der Waals surface area contributed by atoms with Crippen LogP contribution in [0.5, 0.6) is 5.88 Å². The van der Waals surface area contributed by atoms with Gasteiger partial charge in [0, 0.05) is 12.3 Å². The van der Waals surface area contributed by atoms with E-state index in [0.29, 0.717) is 11.4 Å². The molecule has 1 rings (SSSR count). The van der Waals surface area contributed by atoms with Crippen LogP contribution < -0.4 is 3.07 Å². The monoisotopic (exact) mass is 246 g/mol. The molecule has 50 valence electrons. The van der Waals surface area contributed by atoms with Crippen LogP contribution in [0, 0.1) is 11.3 Å². The quantitative estimate of drug-likeness (QED) is 0.708. The maximum atomic E-state index is 8.37. The Bertz CT molecular complexity index is 251. The first-order chi connectivity index (χ1) is 4.86. The predicted octanol–water partition coefficient (Wildman–Crippen LogP) is 1.68. The fourth-order valence-corrected chi connectivity index (χ4v) is 0.753. The van der Waals surface area contributed by atoms with Gasteiger partial charge in [-0.15, -0.1) is 0 Å². The summed E-state index contributed by atoms with van der Waals surface area (Å²) in [5, 5.41) is 8.37. The molecule has 0 radical (unpaired) electrons. The van der Waals surface area contributed by atoms with Crippen molar-refractivity contribution in [1.29, 1.82) is 5.26 Å². The molecule has 0 aliphatic rings. The minimum atomic E-state index is 0.514. The van der Waals surface area contributed by atoms with Gasteiger partial charge in [0.05, 0.1) is 5.56 Å². The fraction of sp³-hybridized carbons (Fsp3) is 0. The van der Waals surface area contributed by atoms with Gasteiger partial charge in [0.15, 0.2) is 23.0 Å². The Morgan fingerprint density at radius 1 is 1.60 bits per heavy atom. The van der Waals surface area contributed by atoms with Crippen molar-refractivity contribution >= 4 is 23.0 Å². The summed E-state index contributed by atoms with van der Waals surface area (Å²) >= 11 is 1.73. The number of hydrogen-bond acceptors (Lipinski definition) is 3. The third kappa shape index (κ3) is 1.57. The summed E-state index contributed by atoms with van der Waals surface area (Å²) < 4.78 is 4.76. The van der Waals surface area contributed by atoms with Gasteiger partial charge < -0.3 is 3.07 Å². The largest absolute Gasteiger partial charge is 0.408 e. The van der Waals surface area contributed by atoms with Crippen LogP contribution in [0.25, 0.3) is 0 Å². The van der Waals surface area contributed by atoms with E-state index in [-0.39, 0.29) is 0 Å². The lowest BCUT2D eigenvalue weighted by Crippen LogP contribution is -1.80. The minimum absolute atomic E-state index is 0.514. The van der Waals surface area contributed by atoms with Crippen molar-refractivity contribution in [2.24, 2.45) is 0 Å². The van der Waals surface area contributed by atoms with Crippen LogP contribution in [0.1, 0.15) is 5.56 Å². The molecule has 0 spiro atoms. The SMILES string of the molecule is N#Cc1ccc(OI)nc1. The molecule has 0 atom stereocenters. The van der Waals surface area contributed by atoms with Gasteiger partial charge in [-0.25, -0.2) is 4.98 Å². The molecule has 4 heteroatoms. The van der Waals surface area contributed by atoms with E-state index in [0.717, 1.165) is 0 Å². The van der Waals surface area contributed by atoms with Crippen LogP contribution >= 0.6 is 23.0 Å². The van der Waals surface area contributed by atoms with E-state index in [4.69, 9.17) is 8.33 Å². The zero-order chi connectivity index (χ0) is 7.40. The number of nitriles is 1. The molecule has 0 aliphatic carbocycles. The predicted molar refractivity (Wildman–Crippen MR) is 43.6 cm³/mol. The summed E-state index contributed by atoms with van der Waals surface area (Å²) in [7, 11) is 0. The van der Waals surface area contributed by atoms with E-state index < -0.39 is 0 Å². The third-order valence-corrected chi connectivity index (χ3v) is 1.40. The summed E-state index contributed by atoms with van der Waals surface area (Å²) in [4.78, 5) is 3.82. The maximum Gasteiger partial charge on any atom is 0.224 e. The molecule has 1 aromatic rings. The van der Waals surface area contributed by atoms with Gasteiger partial charge in [0.25, 0.3) is 0 Å². The van der Waals surface area contributed by atoms with Crippen LogP contribution in [0.2, 0.25) is 0 Å². The summed E-state index contributed by atoms with van der Waals surface area (Å²) in [6, 6.07) is 5.26. The molecular weight excluding hydrogens is 243 g/mol. The molecule has 0 unspecified atom stereocenters. The van der Waals surface area contributed by atoms with E-state index in [9.17, 15) is 0 Å². The highest BCUT2D eigenvalue weighted by atomic mass is 127. The summed E-state index contributed by atoms with van der Waals surface area (Å²) in [5.74, 6) is 0.514. The molecule has 0 saturated heterocycles. The molecule has 1 aromatic heterocycles. The molecule has 0 N–H and O–H groups in total. The molecular formula is C6H3IN2O. The second kappa shape index (κ2) is 3.37. The summed E-state index contributed by atoms with van der Waals surface area (Å²) in [5.41, 5.74) is 0.539. The zero-order valence-electron chi connectivity index (χ0n) is 4.91. The van der Waals surface area contributed by atoms with Crippen LogP contribution in [-0.2, 0) is 0 Å². The molecule has 3 nitrogen and oxygen atoms in total. The van der Waals surface area contributed by atoms with Crippen LogP contribution in [0.4, 0.5) is 0 Å². The molecule has 1 heterocycles. The summed E-state index contributed by atoms with van der Waals surface area (Å²) in [6.07, 6.45) is 1.47. The maximum absolute atomic E-state index is 8.37. The first kappa shape index (κ1) is 7.28. The molecule has 0 amide bonds. The Morgan fingerprint density at radius 3 is 2.80 bits per heavy atom. The van der Waals surface area contributed by atoms with Gasteiger partial charge in [-0.3, -0.25) is 0 Å². The molecule has 10 heavy (non-hydrogen) atoms. The molecule has 0 aliphatic heterocycles. The molecule has 0 aromatic carbocycles. The van der Waals surface area contributed by atoms with E-state index >= 15 is 0 Å². The standard InChI is InChI=1S/C6H3IN2O/c7-10-6-2-1-5(3-8)4-9-6/h1-2,4H. The van der Waals surface area contributed by atoms with E-state index in [1.807, 2.05) is 6.07 Å². The zero-order valence-corrected chi connectivity index (χ0v) is 7.07. The van der Waals surface area contributed by atoms with Gasteiger partial charge in [0.2, 0.25) is 5.88 Å². The van der Waals surface area contributed by atoms with E-state index in [1.165, 1.54) is 6.20 Å². The lowest BCUT2D eigenvalue weighted by molar-refractivity contribution is 0.681. The highest BCUT2D eigenvalue weighted by molar-refractivity contribution is 14.1. The second-order valence-electron chi connectivity index (χ2n) is 1.57. The van der Waals surface area contributed by atoms with Gasteiger partial charge in [-0.05, 0) is 6.07 Å². The lowest BCUT2D eigenvalue weighted by atomic mass is 10.3. The van der Waals surface area contributed by atoms with Gasteiger partial charge >= 0.3 is 0 Å². The van der Waals surface area contributed by atoms with E-state index in [1.54, 1.807) is 35.1 Å². The molecule has 0 bridgehead atoms. The Kier molecular flexibility index (Phi) is 2.45. The highest BCUT2D eigenvalue weighted by Crippen LogP contribution is 2.08. The minimum Gasteiger partial charge on any atom is -0.408 e. The number of nitrogens with zero attached hydrogens (tertiary/aromatic N) is 2. The van der Waals surface area contributed by atoms with Crippen molar-refractivity contribution in [1.82, 2.24) is 4.98 Å². The van der Waals surface area contributed by atoms with Crippen molar-refractivity contribution in [3.05, 3.63) is 23.9 Å². The summed E-state index contributed by atoms with van der Waals surface area (Å²) in [6.45, 7) is 0. The molecule has 0 saturated carbocycles. The third-order valence-electron chi connectivity index (χ3n) is 0.944. The number of pyridine rings is 1. The van der Waals surface area contributed by atoms with Gasteiger partial charge in [-0.2, -0.15) is 5.26 Å². The number of rotatable bonds is 1.